The number of anilines is 1. The van der Waals surface area contributed by atoms with Crippen molar-refractivity contribution in [2.24, 2.45) is 11.8 Å². The van der Waals surface area contributed by atoms with E-state index >= 15 is 0 Å². The van der Waals surface area contributed by atoms with Crippen LogP contribution in [0.1, 0.15) is 23.7 Å². The van der Waals surface area contributed by atoms with E-state index in [2.05, 4.69) is 10.3 Å². The maximum absolute atomic E-state index is 12.2. The van der Waals surface area contributed by atoms with Crippen molar-refractivity contribution in [3.05, 3.63) is 23.9 Å². The molecule has 1 aromatic heterocycles. The van der Waals surface area contributed by atoms with Crippen LogP contribution in [0.5, 0.6) is 0 Å². The molecule has 1 fully saturated rings. The Bertz CT molecular complexity index is 489. The lowest BCUT2D eigenvalue weighted by atomic mass is 9.93. The van der Waals surface area contributed by atoms with E-state index in [1.807, 2.05) is 18.7 Å². The summed E-state index contributed by atoms with van der Waals surface area (Å²) in [5.41, 5.74) is 0.227. The van der Waals surface area contributed by atoms with Gasteiger partial charge in [0.1, 0.15) is 5.82 Å². The largest absolute Gasteiger partial charge is 0.310 e. The highest BCUT2D eigenvalue weighted by molar-refractivity contribution is 7.99. The Morgan fingerprint density at radius 2 is 2.37 bits per heavy atom. The van der Waals surface area contributed by atoms with Crippen molar-refractivity contribution in [3.63, 3.8) is 0 Å². The molecule has 1 amide bonds. The number of hydrogen-bond donors (Lipinski definition) is 1. The van der Waals surface area contributed by atoms with Gasteiger partial charge in [0.2, 0.25) is 5.91 Å². The van der Waals surface area contributed by atoms with Gasteiger partial charge in [-0.3, -0.25) is 9.59 Å². The first-order chi connectivity index (χ1) is 9.09. The summed E-state index contributed by atoms with van der Waals surface area (Å²) < 4.78 is 0. The average Bonchev–Trinajstić information content (AvgIpc) is 2.92. The fraction of sp³-hybridized carbons (Fsp3) is 0.462. The molecule has 0 saturated carbocycles. The van der Waals surface area contributed by atoms with Crippen molar-refractivity contribution >= 4 is 40.3 Å². The summed E-state index contributed by atoms with van der Waals surface area (Å²) in [6.45, 7) is 1.91. The fourth-order valence-corrected chi connectivity index (χ4v) is 3.60. The molecule has 2 heterocycles. The Hall–Kier alpha value is -1.07. The second-order valence-corrected chi connectivity index (χ2v) is 6.07. The van der Waals surface area contributed by atoms with E-state index in [9.17, 15) is 9.59 Å². The number of amides is 1. The molecule has 0 spiro atoms. The minimum Gasteiger partial charge on any atom is -0.310 e. The van der Waals surface area contributed by atoms with E-state index in [0.717, 1.165) is 17.9 Å². The molecule has 0 aromatic carbocycles. The van der Waals surface area contributed by atoms with Gasteiger partial charge in [0, 0.05) is 12.1 Å². The number of nitrogens with zero attached hydrogens (tertiary/aromatic N) is 1. The van der Waals surface area contributed by atoms with Crippen LogP contribution in [0.4, 0.5) is 5.82 Å². The summed E-state index contributed by atoms with van der Waals surface area (Å²) in [7, 11) is 0. The maximum Gasteiger partial charge on any atom is 0.256 e. The van der Waals surface area contributed by atoms with Gasteiger partial charge in [-0.05, 0) is 47.6 Å². The van der Waals surface area contributed by atoms with Crippen molar-refractivity contribution in [1.29, 1.82) is 0 Å². The molecule has 1 aliphatic heterocycles. The molecule has 0 radical (unpaired) electrons. The first kappa shape index (κ1) is 14.3. The van der Waals surface area contributed by atoms with Crippen molar-refractivity contribution < 1.29 is 9.59 Å². The summed E-state index contributed by atoms with van der Waals surface area (Å²) in [4.78, 5) is 27.4. The maximum atomic E-state index is 12.2. The summed E-state index contributed by atoms with van der Waals surface area (Å²) in [5, 5.41) is 2.09. The molecule has 6 heteroatoms. The van der Waals surface area contributed by atoms with E-state index in [1.54, 1.807) is 12.1 Å². The number of halogens is 1. The third kappa shape index (κ3) is 3.48. The SMILES string of the molecule is CC(C(=O)Nc1ncccc1C(=O)Cl)C1CCSC1. The molecular weight excluding hydrogens is 284 g/mol. The van der Waals surface area contributed by atoms with Gasteiger partial charge in [-0.2, -0.15) is 11.8 Å². The number of aromatic nitrogens is 1. The van der Waals surface area contributed by atoms with Crippen LogP contribution in [-0.2, 0) is 4.79 Å². The van der Waals surface area contributed by atoms with Crippen LogP contribution >= 0.6 is 23.4 Å². The van der Waals surface area contributed by atoms with Crippen LogP contribution in [0, 0.1) is 11.8 Å². The molecule has 1 N–H and O–H groups in total. The topological polar surface area (TPSA) is 59.1 Å². The van der Waals surface area contributed by atoms with Crippen LogP contribution in [0.2, 0.25) is 0 Å². The summed E-state index contributed by atoms with van der Waals surface area (Å²) in [6, 6.07) is 3.16. The van der Waals surface area contributed by atoms with Gasteiger partial charge in [0.15, 0.2) is 0 Å². The molecule has 19 heavy (non-hydrogen) atoms. The third-order valence-corrected chi connectivity index (χ3v) is 4.74. The first-order valence-electron chi connectivity index (χ1n) is 6.13. The number of pyridine rings is 1. The van der Waals surface area contributed by atoms with Gasteiger partial charge in [0.25, 0.3) is 5.24 Å². The molecule has 102 valence electrons. The molecule has 1 aliphatic rings. The molecule has 0 bridgehead atoms. The van der Waals surface area contributed by atoms with Gasteiger partial charge in [0.05, 0.1) is 5.56 Å². The van der Waals surface area contributed by atoms with Gasteiger partial charge in [-0.15, -0.1) is 0 Å². The smallest absolute Gasteiger partial charge is 0.256 e. The zero-order valence-corrected chi connectivity index (χ0v) is 12.1. The zero-order chi connectivity index (χ0) is 13.8. The van der Waals surface area contributed by atoms with Gasteiger partial charge in [-0.1, -0.05) is 6.92 Å². The highest BCUT2D eigenvalue weighted by Crippen LogP contribution is 2.30. The van der Waals surface area contributed by atoms with Crippen molar-refractivity contribution in [1.82, 2.24) is 4.98 Å². The highest BCUT2D eigenvalue weighted by Gasteiger charge is 2.28. The Labute approximate surface area is 121 Å². The summed E-state index contributed by atoms with van der Waals surface area (Å²) in [6.07, 6.45) is 2.58. The lowest BCUT2D eigenvalue weighted by Crippen LogP contribution is -2.28. The number of rotatable bonds is 4. The van der Waals surface area contributed by atoms with Gasteiger partial charge >= 0.3 is 0 Å². The Morgan fingerprint density at radius 3 is 3.00 bits per heavy atom. The molecule has 0 aliphatic carbocycles. The fourth-order valence-electron chi connectivity index (χ4n) is 2.06. The second kappa shape index (κ2) is 6.39. The quantitative estimate of drug-likeness (QED) is 0.868. The van der Waals surface area contributed by atoms with Gasteiger partial charge in [-0.25, -0.2) is 4.98 Å². The normalized spacial score (nSPS) is 20.0. The third-order valence-electron chi connectivity index (χ3n) is 3.35. The summed E-state index contributed by atoms with van der Waals surface area (Å²) in [5.74, 6) is 2.56. The number of carbonyl (C=O) groups is 2. The number of carbonyl (C=O) groups excluding carboxylic acids is 2. The van der Waals surface area contributed by atoms with Crippen LogP contribution < -0.4 is 5.32 Å². The monoisotopic (exact) mass is 298 g/mol. The van der Waals surface area contributed by atoms with E-state index in [-0.39, 0.29) is 23.2 Å². The molecular formula is C13H15ClN2O2S. The molecule has 2 atom stereocenters. The Morgan fingerprint density at radius 1 is 1.58 bits per heavy atom. The summed E-state index contributed by atoms with van der Waals surface area (Å²) >= 11 is 7.34. The predicted molar refractivity (Wildman–Crippen MR) is 77.6 cm³/mol. The van der Waals surface area contributed by atoms with Crippen molar-refractivity contribution in [2.45, 2.75) is 13.3 Å². The molecule has 4 nitrogen and oxygen atoms in total. The Kier molecular flexibility index (Phi) is 4.82. The zero-order valence-electron chi connectivity index (χ0n) is 10.6. The Balaban J connectivity index is 2.08. The van der Waals surface area contributed by atoms with Crippen LogP contribution in [0.25, 0.3) is 0 Å². The minimum atomic E-state index is -0.618. The van der Waals surface area contributed by atoms with Crippen molar-refractivity contribution in [2.75, 3.05) is 16.8 Å². The molecule has 2 unspecified atom stereocenters. The highest BCUT2D eigenvalue weighted by atomic mass is 35.5. The number of thioether (sulfide) groups is 1. The number of hydrogen-bond acceptors (Lipinski definition) is 4. The molecule has 2 rings (SSSR count). The molecule has 1 saturated heterocycles. The lowest BCUT2D eigenvalue weighted by Gasteiger charge is -2.17. The van der Waals surface area contributed by atoms with Crippen LogP contribution in [-0.4, -0.2) is 27.6 Å². The van der Waals surface area contributed by atoms with Crippen LogP contribution in [0.3, 0.4) is 0 Å². The number of nitrogens with one attached hydrogen (secondary N) is 1. The van der Waals surface area contributed by atoms with Crippen LogP contribution in [0.15, 0.2) is 18.3 Å². The van der Waals surface area contributed by atoms with E-state index in [1.165, 1.54) is 6.20 Å². The van der Waals surface area contributed by atoms with E-state index in [4.69, 9.17) is 11.6 Å². The average molecular weight is 299 g/mol. The minimum absolute atomic E-state index is 0.0877. The second-order valence-electron chi connectivity index (χ2n) is 4.57. The lowest BCUT2D eigenvalue weighted by molar-refractivity contribution is -0.120. The van der Waals surface area contributed by atoms with E-state index < -0.39 is 5.24 Å². The van der Waals surface area contributed by atoms with Crippen molar-refractivity contribution in [3.8, 4) is 0 Å². The standard InChI is InChI=1S/C13H15ClN2O2S/c1-8(9-4-6-19-7-9)13(18)16-12-10(11(14)17)3-2-5-15-12/h2-3,5,8-9H,4,6-7H2,1H3,(H,15,16,18). The van der Waals surface area contributed by atoms with E-state index in [0.29, 0.717) is 5.92 Å². The molecule has 1 aromatic rings. The first-order valence-corrected chi connectivity index (χ1v) is 7.66. The predicted octanol–water partition coefficient (Wildman–Crippen LogP) is 2.79. The van der Waals surface area contributed by atoms with Gasteiger partial charge < -0.3 is 5.32 Å².